The van der Waals surface area contributed by atoms with Crippen LogP contribution in [0.25, 0.3) is 0 Å². The van der Waals surface area contributed by atoms with Crippen molar-refractivity contribution in [3.05, 3.63) is 0 Å². The van der Waals surface area contributed by atoms with Crippen molar-refractivity contribution in [3.63, 3.8) is 0 Å². The lowest BCUT2D eigenvalue weighted by Gasteiger charge is -2.48. The fourth-order valence-corrected chi connectivity index (χ4v) is 6.62. The number of hydrogen-bond donors (Lipinski definition) is 15. The predicted octanol–water partition coefficient (Wildman–Crippen LogP) is -9.58. The number of methoxy groups -OCH3 is 1. The predicted molar refractivity (Wildman–Crippen MR) is 171 cm³/mol. The number of rotatable bonds is 16. The Kier molecular flexibility index (Phi) is 17.3. The average molecular weight is 813 g/mol. The molecule has 55 heavy (non-hydrogen) atoms. The van der Waals surface area contributed by atoms with E-state index in [-0.39, 0.29) is 0 Å². The van der Waals surface area contributed by atoms with Crippen molar-refractivity contribution in [2.24, 2.45) is 0 Å². The van der Waals surface area contributed by atoms with E-state index in [9.17, 15) is 76.6 Å². The summed E-state index contributed by atoms with van der Waals surface area (Å²) in [4.78, 5) is 0. The first kappa shape index (κ1) is 46.7. The minimum Gasteiger partial charge on any atom is -0.394 e. The molecule has 0 aromatic carbocycles. The Balaban J connectivity index is 1.42. The maximum atomic E-state index is 11.2. The van der Waals surface area contributed by atoms with E-state index < -0.39 is 174 Å². The van der Waals surface area contributed by atoms with E-state index in [2.05, 4.69) is 0 Å². The fraction of sp³-hybridized carbons (Fsp3) is 1.00. The Morgan fingerprint density at radius 3 is 1.64 bits per heavy atom. The van der Waals surface area contributed by atoms with Crippen LogP contribution in [0, 0.1) is 0 Å². The maximum Gasteiger partial charge on any atom is 0.187 e. The molecule has 324 valence electrons. The SMILES string of the molecule is CO[C@H]1[C@H](O[C@@H]2[C@@H](O)[C@H](C)O[C@@H](O[C@@H]3[C@H](O)[C@@H](O[C@H](CO)[C@@H](O)[C@H](O)[C@H](O)CO[C@@H]4O[C@H](CO)[C@H](O)[C@H](O)[C@H]4O)O[C@H](CO)[C@H]3O)[C@@H]2O)O[C@@H](C)[C@H](O)[C@H]1O. The summed E-state index contributed by atoms with van der Waals surface area (Å²) in [5.41, 5.74) is 0. The molecule has 0 saturated carbocycles. The molecule has 0 unspecified atom stereocenters. The normalized spacial score (nSPS) is 47.9. The van der Waals surface area contributed by atoms with Gasteiger partial charge in [0.25, 0.3) is 0 Å². The van der Waals surface area contributed by atoms with Crippen molar-refractivity contribution in [2.45, 2.75) is 161 Å². The molecule has 0 aromatic rings. The molecule has 15 N–H and O–H groups in total. The van der Waals surface area contributed by atoms with Crippen molar-refractivity contribution >= 4 is 0 Å². The van der Waals surface area contributed by atoms with Crippen LogP contribution in [0.2, 0.25) is 0 Å². The van der Waals surface area contributed by atoms with E-state index in [1.807, 2.05) is 0 Å². The Bertz CT molecular complexity index is 1140. The molecule has 24 atom stereocenters. The summed E-state index contributed by atoms with van der Waals surface area (Å²) in [6, 6.07) is 0. The molecule has 4 rings (SSSR count). The van der Waals surface area contributed by atoms with Gasteiger partial charge in [0.1, 0.15) is 110 Å². The summed E-state index contributed by atoms with van der Waals surface area (Å²) in [6.07, 6.45) is -40.3. The lowest BCUT2D eigenvalue weighted by atomic mass is 9.96. The van der Waals surface area contributed by atoms with Crippen molar-refractivity contribution in [1.29, 1.82) is 0 Å². The van der Waals surface area contributed by atoms with Crippen LogP contribution in [-0.2, 0) is 42.6 Å². The van der Waals surface area contributed by atoms with E-state index in [0.717, 1.165) is 0 Å². The van der Waals surface area contributed by atoms with Gasteiger partial charge < -0.3 is 119 Å². The van der Waals surface area contributed by atoms with Crippen LogP contribution in [0.15, 0.2) is 0 Å². The van der Waals surface area contributed by atoms with Crippen LogP contribution in [0.4, 0.5) is 0 Å². The molecule has 0 aromatic heterocycles. The molecule has 4 aliphatic heterocycles. The van der Waals surface area contributed by atoms with E-state index in [4.69, 9.17) is 42.6 Å². The number of aliphatic hydroxyl groups excluding tert-OH is 15. The van der Waals surface area contributed by atoms with E-state index in [1.54, 1.807) is 0 Å². The molecule has 4 aliphatic rings. The van der Waals surface area contributed by atoms with Crippen molar-refractivity contribution in [2.75, 3.05) is 33.5 Å². The Labute approximate surface area is 314 Å². The first-order chi connectivity index (χ1) is 25.9. The standard InChI is InChI=1S/C31H56O24/c1-8-14(36)21(43)27(47-3)31(50-8)55-25-15(37)9(2)49-29(23(25)45)54-26-19(41)13(6-34)53-30(24(26)46)52-11(4-32)17(39)16(38)10(35)7-48-28-22(44)20(42)18(40)12(5-33)51-28/h8-46H,4-7H2,1-3H3/t8-,9-,10+,11+,12+,13+,14-,15-,16+,17+,18-,19+,20-,21+,22+,23+,24-,25+,26-,27+,28+,29-,30-,31-/m0/s1. The molecule has 24 heteroatoms. The third-order valence-electron chi connectivity index (χ3n) is 10.1. The molecule has 0 spiro atoms. The molecule has 0 radical (unpaired) electrons. The largest absolute Gasteiger partial charge is 0.394 e. The summed E-state index contributed by atoms with van der Waals surface area (Å²) in [5.74, 6) is 0. The van der Waals surface area contributed by atoms with Crippen molar-refractivity contribution < 1.29 is 119 Å². The third-order valence-corrected chi connectivity index (χ3v) is 10.1. The van der Waals surface area contributed by atoms with Gasteiger partial charge in [-0.15, -0.1) is 0 Å². The van der Waals surface area contributed by atoms with Gasteiger partial charge >= 0.3 is 0 Å². The van der Waals surface area contributed by atoms with Crippen LogP contribution < -0.4 is 0 Å². The second kappa shape index (κ2) is 20.3. The molecule has 0 bridgehead atoms. The van der Waals surface area contributed by atoms with Crippen LogP contribution in [0.3, 0.4) is 0 Å². The zero-order valence-corrected chi connectivity index (χ0v) is 30.1. The summed E-state index contributed by atoms with van der Waals surface area (Å²) in [7, 11) is 1.21. The van der Waals surface area contributed by atoms with Crippen LogP contribution in [0.5, 0.6) is 0 Å². The lowest BCUT2D eigenvalue weighted by Crippen LogP contribution is -2.66. The van der Waals surface area contributed by atoms with Gasteiger partial charge in [-0.25, -0.2) is 0 Å². The molecule has 0 aliphatic carbocycles. The molecule has 4 heterocycles. The highest BCUT2D eigenvalue weighted by Gasteiger charge is 2.54. The molecular weight excluding hydrogens is 756 g/mol. The van der Waals surface area contributed by atoms with Gasteiger partial charge in [0.2, 0.25) is 0 Å². The highest BCUT2D eigenvalue weighted by atomic mass is 16.8. The first-order valence-electron chi connectivity index (χ1n) is 17.6. The minimum absolute atomic E-state index is 0.770. The highest BCUT2D eigenvalue weighted by molar-refractivity contribution is 4.97. The topological polar surface area (TPSA) is 387 Å². The summed E-state index contributed by atoms with van der Waals surface area (Å²) >= 11 is 0. The first-order valence-corrected chi connectivity index (χ1v) is 17.6. The fourth-order valence-electron chi connectivity index (χ4n) is 6.62. The third kappa shape index (κ3) is 10.3. The van der Waals surface area contributed by atoms with Gasteiger partial charge in [-0.1, -0.05) is 0 Å². The van der Waals surface area contributed by atoms with Gasteiger partial charge in [0.15, 0.2) is 25.2 Å². The Hall–Kier alpha value is -0.960. The van der Waals surface area contributed by atoms with Crippen LogP contribution >= 0.6 is 0 Å². The molecule has 0 amide bonds. The zero-order valence-electron chi connectivity index (χ0n) is 30.1. The van der Waals surface area contributed by atoms with E-state index >= 15 is 0 Å². The van der Waals surface area contributed by atoms with Gasteiger partial charge in [-0.3, -0.25) is 0 Å². The summed E-state index contributed by atoms with van der Waals surface area (Å²) in [5, 5.41) is 156. The lowest BCUT2D eigenvalue weighted by molar-refractivity contribution is -0.381. The molecule has 4 fully saturated rings. The van der Waals surface area contributed by atoms with Crippen LogP contribution in [-0.4, -0.2) is 257 Å². The maximum absolute atomic E-state index is 11.2. The van der Waals surface area contributed by atoms with Gasteiger partial charge in [-0.05, 0) is 13.8 Å². The average Bonchev–Trinajstić information content (AvgIpc) is 3.16. The highest BCUT2D eigenvalue weighted by Crippen LogP contribution is 2.34. The second-order valence-corrected chi connectivity index (χ2v) is 13.9. The van der Waals surface area contributed by atoms with E-state index in [0.29, 0.717) is 0 Å². The summed E-state index contributed by atoms with van der Waals surface area (Å²) in [6.45, 7) is -0.822. The van der Waals surface area contributed by atoms with Gasteiger partial charge in [-0.2, -0.15) is 0 Å². The van der Waals surface area contributed by atoms with Crippen LogP contribution in [0.1, 0.15) is 13.8 Å². The molecular formula is C31H56O24. The number of hydrogen-bond acceptors (Lipinski definition) is 24. The Morgan fingerprint density at radius 2 is 1.04 bits per heavy atom. The van der Waals surface area contributed by atoms with Crippen molar-refractivity contribution in [3.8, 4) is 0 Å². The number of aliphatic hydroxyl groups is 15. The van der Waals surface area contributed by atoms with Gasteiger partial charge in [0, 0.05) is 7.11 Å². The molecule has 4 saturated heterocycles. The van der Waals surface area contributed by atoms with Gasteiger partial charge in [0.05, 0.1) is 38.6 Å². The monoisotopic (exact) mass is 812 g/mol. The smallest absolute Gasteiger partial charge is 0.187 e. The quantitative estimate of drug-likeness (QED) is 0.0688. The Morgan fingerprint density at radius 1 is 0.509 bits per heavy atom. The molecule has 24 nitrogen and oxygen atoms in total. The minimum atomic E-state index is -2.18. The summed E-state index contributed by atoms with van der Waals surface area (Å²) < 4.78 is 49.3. The second-order valence-electron chi connectivity index (χ2n) is 13.9. The number of ether oxygens (including phenoxy) is 9. The van der Waals surface area contributed by atoms with Crippen molar-refractivity contribution in [1.82, 2.24) is 0 Å². The van der Waals surface area contributed by atoms with E-state index in [1.165, 1.54) is 21.0 Å². The zero-order chi connectivity index (χ0) is 41.0.